The highest BCUT2D eigenvalue weighted by atomic mass is 16.2. The van der Waals surface area contributed by atoms with E-state index in [1.807, 2.05) is 61.5 Å². The number of nitrogens with one attached hydrogen (secondary N) is 2. The highest BCUT2D eigenvalue weighted by Gasteiger charge is 2.06. The number of amides is 2. The molecule has 0 aliphatic rings. The third-order valence-corrected chi connectivity index (χ3v) is 3.12. The van der Waals surface area contributed by atoms with Crippen molar-refractivity contribution in [1.29, 1.82) is 0 Å². The lowest BCUT2D eigenvalue weighted by atomic mass is 10.2. The minimum atomic E-state index is -0.295. The summed E-state index contributed by atoms with van der Waals surface area (Å²) < 4.78 is 0. The second-order valence-electron chi connectivity index (χ2n) is 5.12. The molecular formula is C18H19N3O2. The zero-order valence-corrected chi connectivity index (χ0v) is 13.0. The van der Waals surface area contributed by atoms with Gasteiger partial charge in [-0.1, -0.05) is 48.0 Å². The fraction of sp³-hybridized carbons (Fsp3) is 0.167. The minimum Gasteiger partial charge on any atom is -0.326 e. The van der Waals surface area contributed by atoms with E-state index in [1.54, 1.807) is 6.21 Å². The van der Waals surface area contributed by atoms with E-state index in [0.717, 1.165) is 16.8 Å². The maximum Gasteiger partial charge on any atom is 0.240 e. The fourth-order valence-corrected chi connectivity index (χ4v) is 1.86. The molecule has 5 nitrogen and oxygen atoms in total. The Kier molecular flexibility index (Phi) is 6.06. The van der Waals surface area contributed by atoms with Gasteiger partial charge in [0.25, 0.3) is 0 Å². The summed E-state index contributed by atoms with van der Waals surface area (Å²) in [5, 5.41) is 6.61. The van der Waals surface area contributed by atoms with Gasteiger partial charge in [-0.05, 0) is 24.6 Å². The minimum absolute atomic E-state index is 0.0871. The lowest BCUT2D eigenvalue weighted by molar-refractivity contribution is -0.124. The summed E-state index contributed by atoms with van der Waals surface area (Å²) in [4.78, 5) is 23.4. The molecule has 0 aliphatic heterocycles. The molecule has 0 aliphatic carbocycles. The molecule has 2 amide bonds. The molecule has 0 radical (unpaired) electrons. The predicted octanol–water partition coefficient (Wildman–Crippen LogP) is 2.86. The maximum atomic E-state index is 11.8. The first kappa shape index (κ1) is 16.4. The Balaban J connectivity index is 1.70. The van der Waals surface area contributed by atoms with Crippen LogP contribution in [-0.2, 0) is 9.59 Å². The van der Waals surface area contributed by atoms with Crippen molar-refractivity contribution >= 4 is 23.7 Å². The molecule has 2 aromatic rings. The SMILES string of the molecule is Cc1ccc(NC(=O)CCC(=O)N/N=C/c2ccccc2)cc1. The van der Waals surface area contributed by atoms with Gasteiger partial charge < -0.3 is 5.32 Å². The fourth-order valence-electron chi connectivity index (χ4n) is 1.86. The number of benzene rings is 2. The van der Waals surface area contributed by atoms with Gasteiger partial charge in [-0.15, -0.1) is 0 Å². The van der Waals surface area contributed by atoms with Crippen LogP contribution < -0.4 is 10.7 Å². The van der Waals surface area contributed by atoms with Gasteiger partial charge in [-0.2, -0.15) is 5.10 Å². The number of hydrazone groups is 1. The molecule has 0 bridgehead atoms. The molecule has 0 atom stereocenters. The van der Waals surface area contributed by atoms with E-state index in [2.05, 4.69) is 15.8 Å². The third kappa shape index (κ3) is 6.13. The Hall–Kier alpha value is -2.95. The second kappa shape index (κ2) is 8.48. The molecule has 0 heterocycles. The molecule has 0 saturated heterocycles. The van der Waals surface area contributed by atoms with E-state index in [-0.39, 0.29) is 24.7 Å². The normalized spacial score (nSPS) is 10.5. The van der Waals surface area contributed by atoms with Gasteiger partial charge in [0.15, 0.2) is 0 Å². The molecule has 0 unspecified atom stereocenters. The smallest absolute Gasteiger partial charge is 0.240 e. The highest BCUT2D eigenvalue weighted by Crippen LogP contribution is 2.09. The summed E-state index contributed by atoms with van der Waals surface area (Å²) >= 11 is 0. The van der Waals surface area contributed by atoms with Gasteiger partial charge in [-0.25, -0.2) is 5.43 Å². The molecule has 5 heteroatoms. The molecule has 0 aromatic heterocycles. The van der Waals surface area contributed by atoms with Crippen molar-refractivity contribution in [2.75, 3.05) is 5.32 Å². The number of carbonyl (C=O) groups is 2. The van der Waals surface area contributed by atoms with Gasteiger partial charge in [0, 0.05) is 18.5 Å². The van der Waals surface area contributed by atoms with E-state index >= 15 is 0 Å². The van der Waals surface area contributed by atoms with E-state index in [4.69, 9.17) is 0 Å². The Labute approximate surface area is 135 Å². The molecule has 2 N–H and O–H groups in total. The van der Waals surface area contributed by atoms with Gasteiger partial charge in [0.05, 0.1) is 6.21 Å². The Morgan fingerprint density at radius 1 is 0.957 bits per heavy atom. The topological polar surface area (TPSA) is 70.6 Å². The van der Waals surface area contributed by atoms with Crippen LogP contribution in [-0.4, -0.2) is 18.0 Å². The number of nitrogens with zero attached hydrogens (tertiary/aromatic N) is 1. The van der Waals surface area contributed by atoms with Crippen molar-refractivity contribution in [3.8, 4) is 0 Å². The molecule has 23 heavy (non-hydrogen) atoms. The molecule has 0 spiro atoms. The number of hydrogen-bond acceptors (Lipinski definition) is 3. The predicted molar refractivity (Wildman–Crippen MR) is 91.2 cm³/mol. The summed E-state index contributed by atoms with van der Waals surface area (Å²) in [6, 6.07) is 16.9. The van der Waals surface area contributed by atoms with E-state index < -0.39 is 0 Å². The average Bonchev–Trinajstić information content (AvgIpc) is 2.56. The summed E-state index contributed by atoms with van der Waals surface area (Å²) in [6.45, 7) is 1.98. The van der Waals surface area contributed by atoms with Crippen LogP contribution in [0.2, 0.25) is 0 Å². The van der Waals surface area contributed by atoms with Crippen LogP contribution in [0.5, 0.6) is 0 Å². The van der Waals surface area contributed by atoms with Crippen molar-refractivity contribution in [3.63, 3.8) is 0 Å². The molecule has 2 rings (SSSR count). The van der Waals surface area contributed by atoms with Crippen molar-refractivity contribution in [1.82, 2.24) is 5.43 Å². The largest absolute Gasteiger partial charge is 0.326 e. The zero-order valence-electron chi connectivity index (χ0n) is 13.0. The van der Waals surface area contributed by atoms with Crippen molar-refractivity contribution in [3.05, 3.63) is 65.7 Å². The number of carbonyl (C=O) groups excluding carboxylic acids is 2. The van der Waals surface area contributed by atoms with E-state index in [0.29, 0.717) is 0 Å². The van der Waals surface area contributed by atoms with Crippen LogP contribution in [0.3, 0.4) is 0 Å². The number of rotatable bonds is 6. The van der Waals surface area contributed by atoms with Crippen molar-refractivity contribution in [2.45, 2.75) is 19.8 Å². The Bertz CT molecular complexity index is 679. The molecule has 2 aromatic carbocycles. The third-order valence-electron chi connectivity index (χ3n) is 3.12. The van der Waals surface area contributed by atoms with Crippen LogP contribution in [0.1, 0.15) is 24.0 Å². The van der Waals surface area contributed by atoms with Crippen LogP contribution in [0.25, 0.3) is 0 Å². The molecule has 0 fully saturated rings. The first-order chi connectivity index (χ1) is 11.1. The molecule has 0 saturated carbocycles. The van der Waals surface area contributed by atoms with Gasteiger partial charge in [0.1, 0.15) is 0 Å². The Morgan fingerprint density at radius 2 is 1.61 bits per heavy atom. The summed E-state index contributed by atoms with van der Waals surface area (Å²) in [5.74, 6) is -0.493. The zero-order chi connectivity index (χ0) is 16.5. The number of hydrogen-bond donors (Lipinski definition) is 2. The Morgan fingerprint density at radius 3 is 2.30 bits per heavy atom. The van der Waals surface area contributed by atoms with E-state index in [9.17, 15) is 9.59 Å². The van der Waals surface area contributed by atoms with Gasteiger partial charge >= 0.3 is 0 Å². The quantitative estimate of drug-likeness (QED) is 0.636. The lowest BCUT2D eigenvalue weighted by Crippen LogP contribution is -2.20. The summed E-state index contributed by atoms with van der Waals surface area (Å²) in [7, 11) is 0. The summed E-state index contributed by atoms with van der Waals surface area (Å²) in [5.41, 5.74) is 5.15. The maximum absolute atomic E-state index is 11.8. The molecule has 118 valence electrons. The first-order valence-electron chi connectivity index (χ1n) is 7.37. The highest BCUT2D eigenvalue weighted by molar-refractivity contribution is 5.93. The lowest BCUT2D eigenvalue weighted by Gasteiger charge is -2.05. The van der Waals surface area contributed by atoms with Crippen LogP contribution in [0.15, 0.2) is 59.7 Å². The van der Waals surface area contributed by atoms with Crippen LogP contribution >= 0.6 is 0 Å². The average molecular weight is 309 g/mol. The van der Waals surface area contributed by atoms with E-state index in [1.165, 1.54) is 0 Å². The monoisotopic (exact) mass is 309 g/mol. The number of anilines is 1. The van der Waals surface area contributed by atoms with Gasteiger partial charge in [-0.3, -0.25) is 9.59 Å². The van der Waals surface area contributed by atoms with Crippen LogP contribution in [0.4, 0.5) is 5.69 Å². The van der Waals surface area contributed by atoms with Crippen molar-refractivity contribution in [2.24, 2.45) is 5.10 Å². The summed E-state index contributed by atoms with van der Waals surface area (Å²) in [6.07, 6.45) is 1.76. The van der Waals surface area contributed by atoms with Crippen molar-refractivity contribution < 1.29 is 9.59 Å². The first-order valence-corrected chi connectivity index (χ1v) is 7.37. The second-order valence-corrected chi connectivity index (χ2v) is 5.12. The standard InChI is InChI=1S/C18H19N3O2/c1-14-7-9-16(10-8-14)20-17(22)11-12-18(23)21-19-13-15-5-3-2-4-6-15/h2-10,13H,11-12H2,1H3,(H,20,22)(H,21,23)/b19-13+. The van der Waals surface area contributed by atoms with Crippen LogP contribution in [0, 0.1) is 6.92 Å². The molecular weight excluding hydrogens is 290 g/mol. The van der Waals surface area contributed by atoms with Gasteiger partial charge in [0.2, 0.25) is 11.8 Å². The number of aryl methyl sites for hydroxylation is 1.